The van der Waals surface area contributed by atoms with Gasteiger partial charge in [0.15, 0.2) is 0 Å². The molecule has 1 aromatic carbocycles. The molecule has 1 heterocycles. The predicted octanol–water partition coefficient (Wildman–Crippen LogP) is 1.23. The van der Waals surface area contributed by atoms with E-state index >= 15 is 0 Å². The number of aromatic nitrogens is 2. The molecule has 0 fully saturated rings. The number of imidazole rings is 1. The van der Waals surface area contributed by atoms with Crippen LogP contribution in [-0.2, 0) is 27.4 Å². The zero-order valence-corrected chi connectivity index (χ0v) is 14.7. The highest BCUT2D eigenvalue weighted by molar-refractivity contribution is 5.86. The molecule has 1 aromatic heterocycles. The van der Waals surface area contributed by atoms with Gasteiger partial charge in [0.1, 0.15) is 12.6 Å². The number of rotatable bonds is 10. The summed E-state index contributed by atoms with van der Waals surface area (Å²) in [5, 5.41) is 13.9. The Labute approximate surface area is 156 Å². The topological polar surface area (TPSA) is 133 Å². The first-order chi connectivity index (χ1) is 13.0. The van der Waals surface area contributed by atoms with Crippen molar-refractivity contribution in [2.24, 2.45) is 0 Å². The lowest BCUT2D eigenvalue weighted by molar-refractivity contribution is -0.137. The minimum atomic E-state index is -1.05. The van der Waals surface area contributed by atoms with Gasteiger partial charge in [0.2, 0.25) is 5.91 Å². The molecule has 9 nitrogen and oxygen atoms in total. The number of ether oxygens (including phenoxy) is 1. The molecule has 27 heavy (non-hydrogen) atoms. The van der Waals surface area contributed by atoms with Crippen LogP contribution in [0.2, 0.25) is 0 Å². The molecule has 9 heteroatoms. The summed E-state index contributed by atoms with van der Waals surface area (Å²) in [6.45, 7) is 0.380. The van der Waals surface area contributed by atoms with Crippen molar-refractivity contribution in [3.8, 4) is 0 Å². The number of aliphatic carboxylic acids is 1. The van der Waals surface area contributed by atoms with Crippen LogP contribution >= 0.6 is 0 Å². The monoisotopic (exact) mass is 374 g/mol. The van der Waals surface area contributed by atoms with Gasteiger partial charge in [0, 0.05) is 31.3 Å². The van der Waals surface area contributed by atoms with Crippen LogP contribution < -0.4 is 10.6 Å². The lowest BCUT2D eigenvalue weighted by Crippen LogP contribution is -2.47. The van der Waals surface area contributed by atoms with E-state index in [1.807, 2.05) is 18.2 Å². The molecule has 0 saturated carbocycles. The lowest BCUT2D eigenvalue weighted by atomic mass is 10.1. The summed E-state index contributed by atoms with van der Waals surface area (Å²) in [5.74, 6) is -1.52. The zero-order chi connectivity index (χ0) is 19.5. The molecular weight excluding hydrogens is 352 g/mol. The highest BCUT2D eigenvalue weighted by Crippen LogP contribution is 2.03. The van der Waals surface area contributed by atoms with Gasteiger partial charge >= 0.3 is 12.1 Å². The first-order valence-corrected chi connectivity index (χ1v) is 8.48. The zero-order valence-electron chi connectivity index (χ0n) is 14.7. The molecule has 0 aliphatic carbocycles. The van der Waals surface area contributed by atoms with Gasteiger partial charge in [-0.1, -0.05) is 30.3 Å². The van der Waals surface area contributed by atoms with Crippen LogP contribution in [-0.4, -0.2) is 45.6 Å². The van der Waals surface area contributed by atoms with E-state index in [-0.39, 0.29) is 19.4 Å². The highest BCUT2D eigenvalue weighted by atomic mass is 16.5. The van der Waals surface area contributed by atoms with Gasteiger partial charge in [0.25, 0.3) is 0 Å². The van der Waals surface area contributed by atoms with Crippen molar-refractivity contribution in [1.82, 2.24) is 20.6 Å². The van der Waals surface area contributed by atoms with Crippen molar-refractivity contribution >= 4 is 18.0 Å². The second-order valence-corrected chi connectivity index (χ2v) is 5.81. The number of carbonyl (C=O) groups excluding carboxylic acids is 2. The van der Waals surface area contributed by atoms with Gasteiger partial charge in [0.05, 0.1) is 6.33 Å². The van der Waals surface area contributed by atoms with E-state index in [0.717, 1.165) is 11.3 Å². The van der Waals surface area contributed by atoms with Crippen LogP contribution in [0.1, 0.15) is 24.1 Å². The second-order valence-electron chi connectivity index (χ2n) is 5.81. The SMILES string of the molecule is O=C(O)CCC(NC(=O)OCc1ccccc1)C(=O)NCCc1cnc[nH]1. The van der Waals surface area contributed by atoms with Crippen molar-refractivity contribution in [2.45, 2.75) is 31.9 Å². The van der Waals surface area contributed by atoms with Crippen LogP contribution in [0.25, 0.3) is 0 Å². The number of nitrogens with one attached hydrogen (secondary N) is 3. The van der Waals surface area contributed by atoms with Crippen molar-refractivity contribution in [3.05, 3.63) is 54.1 Å². The Kier molecular flexibility index (Phi) is 7.83. The standard InChI is InChI=1S/C18H22N4O5/c23-16(24)7-6-15(17(25)20-9-8-14-10-19-12-21-14)22-18(26)27-11-13-4-2-1-3-5-13/h1-5,10,12,15H,6-9,11H2,(H,19,21)(H,20,25)(H,22,26)(H,23,24). The molecule has 2 rings (SSSR count). The molecule has 2 amide bonds. The number of nitrogens with zero attached hydrogens (tertiary/aromatic N) is 1. The van der Waals surface area contributed by atoms with Crippen molar-refractivity contribution in [3.63, 3.8) is 0 Å². The second kappa shape index (κ2) is 10.6. The number of hydrogen-bond acceptors (Lipinski definition) is 5. The fourth-order valence-corrected chi connectivity index (χ4v) is 2.31. The van der Waals surface area contributed by atoms with Gasteiger partial charge in [-0.3, -0.25) is 9.59 Å². The minimum Gasteiger partial charge on any atom is -0.481 e. The third-order valence-corrected chi connectivity index (χ3v) is 3.72. The maximum Gasteiger partial charge on any atom is 0.408 e. The van der Waals surface area contributed by atoms with E-state index in [9.17, 15) is 14.4 Å². The average molecular weight is 374 g/mol. The fraction of sp³-hybridized carbons (Fsp3) is 0.333. The van der Waals surface area contributed by atoms with Gasteiger partial charge < -0.3 is 25.5 Å². The number of H-pyrrole nitrogens is 1. The summed E-state index contributed by atoms with van der Waals surface area (Å²) in [7, 11) is 0. The molecule has 144 valence electrons. The third-order valence-electron chi connectivity index (χ3n) is 3.72. The van der Waals surface area contributed by atoms with Gasteiger partial charge in [-0.25, -0.2) is 9.78 Å². The van der Waals surface area contributed by atoms with Crippen LogP contribution in [0, 0.1) is 0 Å². The van der Waals surface area contributed by atoms with Crippen LogP contribution in [0.4, 0.5) is 4.79 Å². The molecule has 0 spiro atoms. The molecular formula is C18H22N4O5. The number of carboxylic acid groups (broad SMARTS) is 1. The summed E-state index contributed by atoms with van der Waals surface area (Å²) >= 11 is 0. The van der Waals surface area contributed by atoms with Gasteiger partial charge in [-0.2, -0.15) is 0 Å². The van der Waals surface area contributed by atoms with E-state index in [1.165, 1.54) is 6.33 Å². The molecule has 0 radical (unpaired) electrons. The quantitative estimate of drug-likeness (QED) is 0.494. The Morgan fingerprint density at radius 1 is 1.22 bits per heavy atom. The highest BCUT2D eigenvalue weighted by Gasteiger charge is 2.22. The van der Waals surface area contributed by atoms with Crippen molar-refractivity contribution < 1.29 is 24.2 Å². The van der Waals surface area contributed by atoms with E-state index in [4.69, 9.17) is 9.84 Å². The summed E-state index contributed by atoms with van der Waals surface area (Å²) in [4.78, 5) is 41.9. The molecule has 0 aliphatic heterocycles. The van der Waals surface area contributed by atoms with Crippen molar-refractivity contribution in [1.29, 1.82) is 0 Å². The molecule has 2 aromatic rings. The maximum atomic E-state index is 12.3. The number of hydrogen-bond donors (Lipinski definition) is 4. The average Bonchev–Trinajstić information content (AvgIpc) is 3.17. The molecule has 1 atom stereocenters. The van der Waals surface area contributed by atoms with Gasteiger partial charge in [-0.05, 0) is 12.0 Å². The Hall–Kier alpha value is -3.36. The predicted molar refractivity (Wildman–Crippen MR) is 95.7 cm³/mol. The maximum absolute atomic E-state index is 12.3. The molecule has 1 unspecified atom stereocenters. The van der Waals surface area contributed by atoms with Crippen molar-refractivity contribution in [2.75, 3.05) is 6.54 Å². The van der Waals surface area contributed by atoms with Crippen LogP contribution in [0.3, 0.4) is 0 Å². The minimum absolute atomic E-state index is 0.0361. The van der Waals surface area contributed by atoms with Gasteiger partial charge in [-0.15, -0.1) is 0 Å². The molecule has 4 N–H and O–H groups in total. The van der Waals surface area contributed by atoms with E-state index in [2.05, 4.69) is 20.6 Å². The number of carboxylic acids is 1. The number of carbonyl (C=O) groups is 3. The molecule has 0 bridgehead atoms. The number of alkyl carbamates (subject to hydrolysis) is 1. The lowest BCUT2D eigenvalue weighted by Gasteiger charge is -2.17. The van der Waals surface area contributed by atoms with E-state index < -0.39 is 24.0 Å². The molecule has 0 saturated heterocycles. The third kappa shape index (κ3) is 7.59. The number of aromatic amines is 1. The van der Waals surface area contributed by atoms with E-state index in [1.54, 1.807) is 18.3 Å². The van der Waals surface area contributed by atoms with E-state index in [0.29, 0.717) is 13.0 Å². The summed E-state index contributed by atoms with van der Waals surface area (Å²) in [5.41, 5.74) is 1.66. The number of benzene rings is 1. The molecule has 0 aliphatic rings. The Morgan fingerprint density at radius 2 is 2.00 bits per heavy atom. The largest absolute Gasteiger partial charge is 0.481 e. The Bertz CT molecular complexity index is 733. The summed E-state index contributed by atoms with van der Waals surface area (Å²) < 4.78 is 5.09. The normalized spacial score (nSPS) is 11.4. The first-order valence-electron chi connectivity index (χ1n) is 8.48. The fourth-order valence-electron chi connectivity index (χ4n) is 2.31. The number of amides is 2. The summed E-state index contributed by atoms with van der Waals surface area (Å²) in [6.07, 6.45) is 2.65. The Balaban J connectivity index is 1.82. The van der Waals surface area contributed by atoms with Crippen LogP contribution in [0.15, 0.2) is 42.9 Å². The summed E-state index contributed by atoms with van der Waals surface area (Å²) in [6, 6.07) is 8.10. The van der Waals surface area contributed by atoms with Crippen LogP contribution in [0.5, 0.6) is 0 Å². The first kappa shape index (κ1) is 20.0. The Morgan fingerprint density at radius 3 is 2.67 bits per heavy atom. The smallest absolute Gasteiger partial charge is 0.408 e.